The van der Waals surface area contributed by atoms with E-state index in [1.54, 1.807) is 12.1 Å². The number of carbonyl (C=O) groups excluding carboxylic acids is 1. The number of carbonyl (C=O) groups is 1. The number of halogens is 1. The van der Waals surface area contributed by atoms with Crippen LogP contribution in [0.3, 0.4) is 0 Å². The molecule has 7 heteroatoms. The number of nitriles is 2. The number of benzene rings is 1. The smallest absolute Gasteiger partial charge is 0.266 e. The molecule has 0 saturated carbocycles. The molecule has 1 aliphatic carbocycles. The van der Waals surface area contributed by atoms with Crippen molar-refractivity contribution in [2.45, 2.75) is 25.7 Å². The van der Waals surface area contributed by atoms with Crippen LogP contribution in [-0.2, 0) is 17.6 Å². The first-order chi connectivity index (χ1) is 14.1. The molecule has 0 spiro atoms. The molecular weight excluding hydrogens is 497 g/mol. The summed E-state index contributed by atoms with van der Waals surface area (Å²) in [7, 11) is 0. The second-order valence-corrected chi connectivity index (χ2v) is 8.60. The van der Waals surface area contributed by atoms with E-state index in [0.29, 0.717) is 21.9 Å². The standard InChI is InChI=1S/C22H16IN3O2S/c1-2-9-28-19-8-7-14(11-18(19)23)10-15(12-24)21(27)26-22-17(13-25)16-5-3-4-6-20(16)29-22/h1,7-8,10-11H,3-6,9H2,(H,26,27)/b15-10+. The van der Waals surface area contributed by atoms with Gasteiger partial charge in [0, 0.05) is 4.88 Å². The van der Waals surface area contributed by atoms with Crippen molar-refractivity contribution in [2.75, 3.05) is 11.9 Å². The zero-order valence-electron chi connectivity index (χ0n) is 15.4. The fraction of sp³-hybridized carbons (Fsp3) is 0.227. The van der Waals surface area contributed by atoms with Gasteiger partial charge in [-0.1, -0.05) is 12.0 Å². The third kappa shape index (κ3) is 4.79. The summed E-state index contributed by atoms with van der Waals surface area (Å²) in [5, 5.41) is 22.3. The van der Waals surface area contributed by atoms with Gasteiger partial charge >= 0.3 is 0 Å². The number of hydrogen-bond donors (Lipinski definition) is 1. The van der Waals surface area contributed by atoms with Gasteiger partial charge in [0.2, 0.25) is 0 Å². The van der Waals surface area contributed by atoms with Gasteiger partial charge in [-0.2, -0.15) is 10.5 Å². The number of ether oxygens (including phenoxy) is 1. The Bertz CT molecular complexity index is 1110. The minimum Gasteiger partial charge on any atom is -0.480 e. The van der Waals surface area contributed by atoms with Crippen LogP contribution in [0, 0.1) is 38.6 Å². The van der Waals surface area contributed by atoms with Crippen molar-refractivity contribution in [3.05, 3.63) is 48.9 Å². The molecule has 29 heavy (non-hydrogen) atoms. The third-order valence-corrected chi connectivity index (χ3v) is 6.50. The number of aryl methyl sites for hydroxylation is 1. The Labute approximate surface area is 187 Å². The average molecular weight is 513 g/mol. The molecule has 1 heterocycles. The first-order valence-corrected chi connectivity index (χ1v) is 10.8. The molecule has 3 rings (SSSR count). The lowest BCUT2D eigenvalue weighted by Crippen LogP contribution is -2.13. The highest BCUT2D eigenvalue weighted by molar-refractivity contribution is 14.1. The van der Waals surface area contributed by atoms with Gasteiger partial charge in [0.1, 0.15) is 35.1 Å². The molecule has 1 aromatic heterocycles. The van der Waals surface area contributed by atoms with Gasteiger partial charge in [-0.05, 0) is 77.6 Å². The zero-order chi connectivity index (χ0) is 20.8. The Morgan fingerprint density at radius 1 is 1.34 bits per heavy atom. The first kappa shape index (κ1) is 20.9. The molecule has 0 bridgehead atoms. The summed E-state index contributed by atoms with van der Waals surface area (Å²) in [6.45, 7) is 0.170. The topological polar surface area (TPSA) is 85.9 Å². The fourth-order valence-electron chi connectivity index (χ4n) is 3.10. The fourth-order valence-corrected chi connectivity index (χ4v) is 5.03. The molecule has 1 N–H and O–H groups in total. The van der Waals surface area contributed by atoms with E-state index >= 15 is 0 Å². The van der Waals surface area contributed by atoms with Crippen LogP contribution in [-0.4, -0.2) is 12.5 Å². The number of amides is 1. The number of nitrogens with one attached hydrogen (secondary N) is 1. The number of nitrogens with zero attached hydrogens (tertiary/aromatic N) is 2. The molecule has 0 saturated heterocycles. The van der Waals surface area contributed by atoms with Crippen molar-refractivity contribution in [3.63, 3.8) is 0 Å². The number of hydrogen-bond acceptors (Lipinski definition) is 5. The van der Waals surface area contributed by atoms with Crippen molar-refractivity contribution in [3.8, 4) is 30.2 Å². The summed E-state index contributed by atoms with van der Waals surface area (Å²) in [6.07, 6.45) is 10.6. The predicted octanol–water partition coefficient (Wildman–Crippen LogP) is 4.66. The number of fused-ring (bicyclic) bond motifs is 1. The van der Waals surface area contributed by atoms with Crippen molar-refractivity contribution >= 4 is 50.9 Å². The highest BCUT2D eigenvalue weighted by atomic mass is 127. The molecule has 2 aromatic rings. The highest BCUT2D eigenvalue weighted by Crippen LogP contribution is 2.37. The first-order valence-electron chi connectivity index (χ1n) is 8.91. The summed E-state index contributed by atoms with van der Waals surface area (Å²) in [4.78, 5) is 13.8. The molecule has 0 radical (unpaired) electrons. The van der Waals surface area contributed by atoms with E-state index < -0.39 is 5.91 Å². The van der Waals surface area contributed by atoms with Gasteiger partial charge in [0.05, 0.1) is 9.13 Å². The highest BCUT2D eigenvalue weighted by Gasteiger charge is 2.22. The summed E-state index contributed by atoms with van der Waals surface area (Å²) in [5.41, 5.74) is 2.23. The second-order valence-electron chi connectivity index (χ2n) is 6.33. The van der Waals surface area contributed by atoms with Gasteiger partial charge in [-0.15, -0.1) is 17.8 Å². The van der Waals surface area contributed by atoms with E-state index in [-0.39, 0.29) is 12.2 Å². The summed E-state index contributed by atoms with van der Waals surface area (Å²) >= 11 is 3.55. The van der Waals surface area contributed by atoms with Gasteiger partial charge in [0.15, 0.2) is 0 Å². The SMILES string of the molecule is C#CCOc1ccc(/C=C(\C#N)C(=O)Nc2sc3c(c2C#N)CCCC3)cc1I. The van der Waals surface area contributed by atoms with Crippen LogP contribution in [0.15, 0.2) is 23.8 Å². The molecule has 0 atom stereocenters. The molecule has 0 aliphatic heterocycles. The minimum atomic E-state index is -0.523. The maximum absolute atomic E-state index is 12.7. The number of anilines is 1. The van der Waals surface area contributed by atoms with E-state index in [9.17, 15) is 15.3 Å². The van der Waals surface area contributed by atoms with Crippen LogP contribution in [0.25, 0.3) is 6.08 Å². The lowest BCUT2D eigenvalue weighted by Gasteiger charge is -2.09. The van der Waals surface area contributed by atoms with Crippen molar-refractivity contribution in [1.29, 1.82) is 10.5 Å². The Morgan fingerprint density at radius 2 is 2.14 bits per heavy atom. The Kier molecular flexibility index (Phi) is 6.93. The number of rotatable bonds is 5. The van der Waals surface area contributed by atoms with Crippen molar-refractivity contribution < 1.29 is 9.53 Å². The predicted molar refractivity (Wildman–Crippen MR) is 121 cm³/mol. The van der Waals surface area contributed by atoms with Crippen LogP contribution in [0.2, 0.25) is 0 Å². The van der Waals surface area contributed by atoms with E-state index in [4.69, 9.17) is 11.2 Å². The minimum absolute atomic E-state index is 0.0339. The molecule has 5 nitrogen and oxygen atoms in total. The van der Waals surface area contributed by atoms with Crippen LogP contribution in [0.5, 0.6) is 5.75 Å². The van der Waals surface area contributed by atoms with E-state index in [1.807, 2.05) is 12.1 Å². The van der Waals surface area contributed by atoms with Gasteiger partial charge in [0.25, 0.3) is 5.91 Å². The quantitative estimate of drug-likeness (QED) is 0.273. The van der Waals surface area contributed by atoms with Crippen LogP contribution in [0.1, 0.15) is 34.4 Å². The number of terminal acetylenes is 1. The zero-order valence-corrected chi connectivity index (χ0v) is 18.4. The normalized spacial score (nSPS) is 12.8. The lowest BCUT2D eigenvalue weighted by molar-refractivity contribution is -0.112. The van der Waals surface area contributed by atoms with Crippen LogP contribution < -0.4 is 10.1 Å². The summed E-state index contributed by atoms with van der Waals surface area (Å²) in [6, 6.07) is 9.47. The van der Waals surface area contributed by atoms with E-state index in [1.165, 1.54) is 17.4 Å². The van der Waals surface area contributed by atoms with Crippen LogP contribution in [0.4, 0.5) is 5.00 Å². The summed E-state index contributed by atoms with van der Waals surface area (Å²) in [5.74, 6) is 2.53. The Balaban J connectivity index is 1.82. The third-order valence-electron chi connectivity index (χ3n) is 4.45. The van der Waals surface area contributed by atoms with E-state index in [2.05, 4.69) is 39.9 Å². The summed E-state index contributed by atoms with van der Waals surface area (Å²) < 4.78 is 6.25. The lowest BCUT2D eigenvalue weighted by atomic mass is 9.96. The number of thiophene rings is 1. The van der Waals surface area contributed by atoms with Gasteiger partial charge < -0.3 is 10.1 Å². The molecule has 0 fully saturated rings. The molecular formula is C22H16IN3O2S. The van der Waals surface area contributed by atoms with Crippen molar-refractivity contribution in [1.82, 2.24) is 0 Å². The maximum Gasteiger partial charge on any atom is 0.266 e. The molecule has 144 valence electrons. The molecule has 0 unspecified atom stereocenters. The van der Waals surface area contributed by atoms with Gasteiger partial charge in [-0.25, -0.2) is 0 Å². The molecule has 1 aromatic carbocycles. The second kappa shape index (κ2) is 9.60. The Hall–Kier alpha value is -2.80. The van der Waals surface area contributed by atoms with Gasteiger partial charge in [-0.3, -0.25) is 4.79 Å². The molecule has 1 aliphatic rings. The monoisotopic (exact) mass is 513 g/mol. The average Bonchev–Trinajstić information content (AvgIpc) is 3.08. The Morgan fingerprint density at radius 3 is 2.83 bits per heavy atom. The van der Waals surface area contributed by atoms with E-state index in [0.717, 1.165) is 39.7 Å². The van der Waals surface area contributed by atoms with Crippen LogP contribution >= 0.6 is 33.9 Å². The largest absolute Gasteiger partial charge is 0.480 e. The maximum atomic E-state index is 12.7. The molecule has 1 amide bonds. The van der Waals surface area contributed by atoms with Crippen molar-refractivity contribution in [2.24, 2.45) is 0 Å².